The minimum Gasteiger partial charge on any atom is -0.479 e. The fourth-order valence-corrected chi connectivity index (χ4v) is 2.70. The van der Waals surface area contributed by atoms with Crippen molar-refractivity contribution in [1.29, 1.82) is 0 Å². The lowest BCUT2D eigenvalue weighted by Crippen LogP contribution is -2.46. The van der Waals surface area contributed by atoms with Crippen molar-refractivity contribution in [2.45, 2.75) is 38.1 Å². The van der Waals surface area contributed by atoms with Gasteiger partial charge in [-0.15, -0.1) is 0 Å². The van der Waals surface area contributed by atoms with E-state index in [2.05, 4.69) is 10.3 Å². The van der Waals surface area contributed by atoms with E-state index in [9.17, 15) is 9.59 Å². The molecule has 1 aromatic heterocycles. The summed E-state index contributed by atoms with van der Waals surface area (Å²) in [7, 11) is 0. The number of carbonyl (C=O) groups excluding carboxylic acids is 1. The number of urea groups is 1. The van der Waals surface area contributed by atoms with Crippen LogP contribution >= 0.6 is 0 Å². The average molecular weight is 294 g/mol. The lowest BCUT2D eigenvalue weighted by Gasteiger charge is -2.28. The first-order valence-electron chi connectivity index (χ1n) is 7.04. The van der Waals surface area contributed by atoms with Gasteiger partial charge in [0, 0.05) is 32.0 Å². The van der Waals surface area contributed by atoms with Crippen molar-refractivity contribution in [1.82, 2.24) is 19.8 Å². The van der Waals surface area contributed by atoms with Crippen LogP contribution in [0.1, 0.15) is 18.7 Å². The van der Waals surface area contributed by atoms with Crippen molar-refractivity contribution in [2.75, 3.05) is 13.1 Å². The van der Waals surface area contributed by atoms with Crippen LogP contribution in [0.25, 0.3) is 0 Å². The van der Waals surface area contributed by atoms with Crippen molar-refractivity contribution in [3.63, 3.8) is 0 Å². The minimum atomic E-state index is -0.938. The minimum absolute atomic E-state index is 0.161. The number of hydrogen-bond acceptors (Lipinski definition) is 4. The van der Waals surface area contributed by atoms with Crippen molar-refractivity contribution >= 4 is 12.0 Å². The second-order valence-corrected chi connectivity index (χ2v) is 5.31. The molecule has 1 fully saturated rings. The van der Waals surface area contributed by atoms with Crippen molar-refractivity contribution in [3.05, 3.63) is 18.2 Å². The van der Waals surface area contributed by atoms with Gasteiger partial charge < -0.3 is 24.6 Å². The molecule has 0 bridgehead atoms. The Morgan fingerprint density at radius 2 is 2.29 bits per heavy atom. The quantitative estimate of drug-likeness (QED) is 0.820. The summed E-state index contributed by atoms with van der Waals surface area (Å²) in [6, 6.07) is -0.161. The van der Waals surface area contributed by atoms with Crippen LogP contribution in [-0.2, 0) is 22.6 Å². The number of imidazole rings is 1. The molecule has 114 valence electrons. The number of aromatic nitrogens is 2. The van der Waals surface area contributed by atoms with Gasteiger partial charge in [-0.2, -0.15) is 0 Å². The smallest absolute Gasteiger partial charge is 0.332 e. The van der Waals surface area contributed by atoms with E-state index in [0.29, 0.717) is 32.5 Å². The molecule has 0 spiro atoms. The topological polar surface area (TPSA) is 96.7 Å². The van der Waals surface area contributed by atoms with Gasteiger partial charge in [0.15, 0.2) is 6.10 Å². The molecule has 8 nitrogen and oxygen atoms in total. The standard InChI is InChI=1S/C13H18N4O4/c18-12(19)10-2-1-9(21-10)7-15-13(20)17-6-5-16-4-3-14-11(16)8-17/h3-4,9-10H,1-2,5-8H2,(H,15,20)(H,18,19). The summed E-state index contributed by atoms with van der Waals surface area (Å²) in [5.41, 5.74) is 0. The second kappa shape index (κ2) is 5.72. The molecule has 3 heterocycles. The fourth-order valence-electron chi connectivity index (χ4n) is 2.70. The summed E-state index contributed by atoms with van der Waals surface area (Å²) in [5.74, 6) is -0.0637. The molecule has 1 aromatic rings. The van der Waals surface area contributed by atoms with E-state index in [1.54, 1.807) is 11.1 Å². The summed E-state index contributed by atoms with van der Waals surface area (Å²) in [6.07, 6.45) is 3.83. The highest BCUT2D eigenvalue weighted by molar-refractivity contribution is 5.74. The Kier molecular flexibility index (Phi) is 3.78. The van der Waals surface area contributed by atoms with E-state index >= 15 is 0 Å². The van der Waals surface area contributed by atoms with Gasteiger partial charge in [0.25, 0.3) is 0 Å². The third-order valence-corrected chi connectivity index (χ3v) is 3.90. The van der Waals surface area contributed by atoms with Crippen LogP contribution in [0.2, 0.25) is 0 Å². The summed E-state index contributed by atoms with van der Waals surface area (Å²) in [6.45, 7) is 2.21. The van der Waals surface area contributed by atoms with Gasteiger partial charge in [0.05, 0.1) is 12.6 Å². The van der Waals surface area contributed by atoms with Crippen LogP contribution < -0.4 is 5.32 Å². The molecule has 1 saturated heterocycles. The normalized spacial score (nSPS) is 24.7. The molecule has 8 heteroatoms. The Morgan fingerprint density at radius 3 is 3.05 bits per heavy atom. The molecule has 0 aromatic carbocycles. The number of ether oxygens (including phenoxy) is 1. The lowest BCUT2D eigenvalue weighted by molar-refractivity contribution is -0.149. The number of rotatable bonds is 3. The number of hydrogen-bond donors (Lipinski definition) is 2. The molecule has 3 rings (SSSR count). The van der Waals surface area contributed by atoms with Crippen LogP contribution in [0, 0.1) is 0 Å². The summed E-state index contributed by atoms with van der Waals surface area (Å²) >= 11 is 0. The van der Waals surface area contributed by atoms with Gasteiger partial charge in [-0.25, -0.2) is 14.6 Å². The van der Waals surface area contributed by atoms with E-state index in [-0.39, 0.29) is 12.1 Å². The lowest BCUT2D eigenvalue weighted by atomic mass is 10.2. The van der Waals surface area contributed by atoms with Gasteiger partial charge in [-0.3, -0.25) is 0 Å². The van der Waals surface area contributed by atoms with Crippen LogP contribution in [0.3, 0.4) is 0 Å². The molecule has 2 atom stereocenters. The van der Waals surface area contributed by atoms with Crippen LogP contribution in [0.15, 0.2) is 12.4 Å². The number of nitrogens with one attached hydrogen (secondary N) is 1. The first-order valence-corrected chi connectivity index (χ1v) is 7.04. The molecule has 2 amide bonds. The predicted octanol–water partition coefficient (Wildman–Crippen LogP) is 0.0405. The monoisotopic (exact) mass is 294 g/mol. The number of carbonyl (C=O) groups is 2. The van der Waals surface area contributed by atoms with Gasteiger partial charge in [-0.05, 0) is 12.8 Å². The number of nitrogens with zero attached hydrogens (tertiary/aromatic N) is 3. The second-order valence-electron chi connectivity index (χ2n) is 5.31. The zero-order chi connectivity index (χ0) is 14.8. The molecule has 0 saturated carbocycles. The third-order valence-electron chi connectivity index (χ3n) is 3.90. The first kappa shape index (κ1) is 13.9. The molecular weight excluding hydrogens is 276 g/mol. The Labute approximate surface area is 121 Å². The molecule has 21 heavy (non-hydrogen) atoms. The highest BCUT2D eigenvalue weighted by Crippen LogP contribution is 2.19. The highest BCUT2D eigenvalue weighted by atomic mass is 16.5. The van der Waals surface area contributed by atoms with E-state index in [0.717, 1.165) is 12.4 Å². The highest BCUT2D eigenvalue weighted by Gasteiger charge is 2.31. The maximum Gasteiger partial charge on any atom is 0.332 e. The molecule has 2 N–H and O–H groups in total. The third kappa shape index (κ3) is 2.99. The van der Waals surface area contributed by atoms with Gasteiger partial charge in [-0.1, -0.05) is 0 Å². The largest absolute Gasteiger partial charge is 0.479 e. The van der Waals surface area contributed by atoms with E-state index < -0.39 is 12.1 Å². The van der Waals surface area contributed by atoms with Crippen molar-refractivity contribution in [2.24, 2.45) is 0 Å². The number of carboxylic acids is 1. The number of aliphatic carboxylic acids is 1. The molecular formula is C13H18N4O4. The summed E-state index contributed by atoms with van der Waals surface area (Å²) in [4.78, 5) is 28.8. The van der Waals surface area contributed by atoms with Gasteiger partial charge in [0.1, 0.15) is 5.82 Å². The van der Waals surface area contributed by atoms with Crippen LogP contribution in [0.5, 0.6) is 0 Å². The van der Waals surface area contributed by atoms with Crippen LogP contribution in [-0.4, -0.2) is 56.9 Å². The predicted molar refractivity (Wildman–Crippen MR) is 71.6 cm³/mol. The number of carboxylic acid groups (broad SMARTS) is 1. The van der Waals surface area contributed by atoms with Crippen LogP contribution in [0.4, 0.5) is 4.79 Å². The maximum atomic E-state index is 12.1. The Bertz CT molecular complexity index is 544. The summed E-state index contributed by atoms with van der Waals surface area (Å²) < 4.78 is 7.38. The van der Waals surface area contributed by atoms with Gasteiger partial charge in [0.2, 0.25) is 0 Å². The maximum absolute atomic E-state index is 12.1. The zero-order valence-corrected chi connectivity index (χ0v) is 11.6. The van der Waals surface area contributed by atoms with Crippen molar-refractivity contribution < 1.29 is 19.4 Å². The Hall–Kier alpha value is -2.09. The molecule has 2 aliphatic heterocycles. The Morgan fingerprint density at radius 1 is 1.43 bits per heavy atom. The molecule has 2 unspecified atom stereocenters. The Balaban J connectivity index is 1.46. The van der Waals surface area contributed by atoms with Crippen molar-refractivity contribution in [3.8, 4) is 0 Å². The van der Waals surface area contributed by atoms with Gasteiger partial charge >= 0.3 is 12.0 Å². The molecule has 0 aliphatic carbocycles. The van der Waals surface area contributed by atoms with E-state index in [1.165, 1.54) is 0 Å². The number of fused-ring (bicyclic) bond motifs is 1. The zero-order valence-electron chi connectivity index (χ0n) is 11.6. The first-order chi connectivity index (χ1) is 10.1. The molecule has 0 radical (unpaired) electrons. The number of amides is 2. The molecule has 2 aliphatic rings. The SMILES string of the molecule is O=C(O)C1CCC(CNC(=O)N2CCn3ccnc3C2)O1. The van der Waals surface area contributed by atoms with E-state index in [1.807, 2.05) is 10.8 Å². The summed E-state index contributed by atoms with van der Waals surface area (Å²) in [5, 5.41) is 11.7. The fraction of sp³-hybridized carbons (Fsp3) is 0.615. The average Bonchev–Trinajstić information content (AvgIpc) is 3.12. The van der Waals surface area contributed by atoms with E-state index in [4.69, 9.17) is 9.84 Å².